The van der Waals surface area contributed by atoms with E-state index in [1.807, 2.05) is 0 Å². The Morgan fingerprint density at radius 3 is 3.00 bits per heavy atom. The lowest BCUT2D eigenvalue weighted by molar-refractivity contribution is -0.0974. The van der Waals surface area contributed by atoms with Crippen molar-refractivity contribution in [2.24, 2.45) is 0 Å². The summed E-state index contributed by atoms with van der Waals surface area (Å²) < 4.78 is 26.0. The second-order valence-corrected chi connectivity index (χ2v) is 5.60. The highest BCUT2D eigenvalue weighted by Gasteiger charge is 2.24. The van der Waals surface area contributed by atoms with Crippen LogP contribution in [0.1, 0.15) is 18.2 Å². The van der Waals surface area contributed by atoms with Crippen LogP contribution in [0, 0.1) is 6.08 Å². The summed E-state index contributed by atoms with van der Waals surface area (Å²) in [5.41, 5.74) is 1.40. The van der Waals surface area contributed by atoms with Crippen LogP contribution in [0.15, 0.2) is 24.5 Å². The van der Waals surface area contributed by atoms with Gasteiger partial charge in [-0.1, -0.05) is 12.1 Å². The zero-order valence-corrected chi connectivity index (χ0v) is 13.4. The molecule has 4 rings (SSSR count). The summed E-state index contributed by atoms with van der Waals surface area (Å²) in [4.78, 5) is 11.9. The van der Waals surface area contributed by atoms with Crippen LogP contribution in [-0.2, 0) is 11.3 Å². The third-order valence-electron chi connectivity index (χ3n) is 4.13. The summed E-state index contributed by atoms with van der Waals surface area (Å²) in [7, 11) is 1.48. The maximum Gasteiger partial charge on any atom is 0.312 e. The number of nitrogens with one attached hydrogen (secondary N) is 1. The molecule has 2 aromatic heterocycles. The quantitative estimate of drug-likeness (QED) is 0.685. The molecule has 1 fully saturated rings. The smallest absolute Gasteiger partial charge is 0.312 e. The molecule has 0 bridgehead atoms. The van der Waals surface area contributed by atoms with E-state index in [9.17, 15) is 9.50 Å². The van der Waals surface area contributed by atoms with Gasteiger partial charge in [-0.05, 0) is 6.07 Å². The monoisotopic (exact) mass is 345 g/mol. The summed E-state index contributed by atoms with van der Waals surface area (Å²) in [6, 6.07) is 5.15. The number of halogens is 1. The number of hydrogen-bond donors (Lipinski definition) is 2. The minimum atomic E-state index is -0.856. The van der Waals surface area contributed by atoms with Gasteiger partial charge in [-0.2, -0.15) is 14.4 Å². The highest BCUT2D eigenvalue weighted by atomic mass is 19.1. The number of phenolic OH excluding ortho intramolecular Hbond substituents is 1. The summed E-state index contributed by atoms with van der Waals surface area (Å²) in [6.45, 7) is 0.888. The fourth-order valence-electron chi connectivity index (χ4n) is 2.72. The second-order valence-electron chi connectivity index (χ2n) is 5.60. The van der Waals surface area contributed by atoms with Gasteiger partial charge in [0.1, 0.15) is 6.23 Å². The van der Waals surface area contributed by atoms with Crippen LogP contribution in [0.3, 0.4) is 0 Å². The summed E-state index contributed by atoms with van der Waals surface area (Å²) in [6.07, 6.45) is 1.37. The molecular weight excluding hydrogens is 329 g/mol. The van der Waals surface area contributed by atoms with Gasteiger partial charge in [-0.15, -0.1) is 0 Å². The van der Waals surface area contributed by atoms with Crippen molar-refractivity contribution in [3.63, 3.8) is 0 Å². The molecule has 0 saturated carbocycles. The molecule has 3 aromatic rings. The van der Waals surface area contributed by atoms with Crippen molar-refractivity contribution >= 4 is 17.0 Å². The Labute approximate surface area is 142 Å². The van der Waals surface area contributed by atoms with Crippen molar-refractivity contribution < 1.29 is 19.0 Å². The number of aromatic hydroxyl groups is 1. The number of aromatic nitrogens is 4. The number of rotatable bonds is 5. The van der Waals surface area contributed by atoms with E-state index in [0.29, 0.717) is 29.1 Å². The van der Waals surface area contributed by atoms with Crippen molar-refractivity contribution in [2.75, 3.05) is 19.0 Å². The van der Waals surface area contributed by atoms with Crippen LogP contribution in [0.2, 0.25) is 0 Å². The number of methoxy groups -OCH3 is 1. The first-order valence-corrected chi connectivity index (χ1v) is 7.77. The Bertz CT molecular complexity index is 926. The van der Waals surface area contributed by atoms with E-state index in [2.05, 4.69) is 20.3 Å². The molecule has 0 radical (unpaired) electrons. The maximum atomic E-state index is 13.9. The number of nitrogens with zero attached hydrogens (tertiary/aromatic N) is 4. The average Bonchev–Trinajstić information content (AvgIpc) is 2.95. The van der Waals surface area contributed by atoms with Crippen molar-refractivity contribution in [3.8, 4) is 11.5 Å². The predicted octanol–water partition coefficient (Wildman–Crippen LogP) is 2.21. The number of imidazole rings is 1. The van der Waals surface area contributed by atoms with E-state index in [-0.39, 0.29) is 24.3 Å². The van der Waals surface area contributed by atoms with Crippen molar-refractivity contribution in [1.82, 2.24) is 19.5 Å². The molecule has 2 N–H and O–H groups in total. The Balaban J connectivity index is 1.64. The zero-order chi connectivity index (χ0) is 17.4. The standard InChI is InChI=1S/C16H16FN5O3/c1-24-10-4-2-3-9(13(10)23)7-18-14-12-15(21-16(17)20-14)22(8-19-12)11-5-6-25-11/h2-4,8,11,23H,5-7H2,1H3,(H,18,20,21). The largest absolute Gasteiger partial charge is 0.504 e. The first-order valence-electron chi connectivity index (χ1n) is 7.77. The average molecular weight is 345 g/mol. The molecule has 1 aliphatic heterocycles. The third-order valence-corrected chi connectivity index (χ3v) is 4.13. The van der Waals surface area contributed by atoms with Gasteiger partial charge in [-0.3, -0.25) is 4.57 Å². The molecule has 9 heteroatoms. The first-order chi connectivity index (χ1) is 12.2. The number of para-hydroxylation sites is 1. The highest BCUT2D eigenvalue weighted by molar-refractivity contribution is 5.82. The van der Waals surface area contributed by atoms with E-state index in [1.54, 1.807) is 29.1 Å². The van der Waals surface area contributed by atoms with Gasteiger partial charge in [0.15, 0.2) is 28.5 Å². The molecular formula is C16H16FN5O3. The Hall–Kier alpha value is -2.94. The lowest BCUT2D eigenvalue weighted by atomic mass is 10.2. The van der Waals surface area contributed by atoms with E-state index in [4.69, 9.17) is 9.47 Å². The van der Waals surface area contributed by atoms with Crippen molar-refractivity contribution in [1.29, 1.82) is 0 Å². The fourth-order valence-corrected chi connectivity index (χ4v) is 2.72. The van der Waals surface area contributed by atoms with Crippen molar-refractivity contribution in [2.45, 2.75) is 19.2 Å². The number of phenols is 1. The molecule has 1 saturated heterocycles. The molecule has 1 unspecified atom stereocenters. The molecule has 1 aliphatic rings. The topological polar surface area (TPSA) is 94.3 Å². The fraction of sp³-hybridized carbons (Fsp3) is 0.312. The van der Waals surface area contributed by atoms with Crippen LogP contribution in [0.5, 0.6) is 11.5 Å². The van der Waals surface area contributed by atoms with Gasteiger partial charge >= 0.3 is 6.08 Å². The number of hydrogen-bond acceptors (Lipinski definition) is 7. The molecule has 1 atom stereocenters. The molecule has 130 valence electrons. The lowest BCUT2D eigenvalue weighted by Gasteiger charge is -2.27. The minimum Gasteiger partial charge on any atom is -0.504 e. The molecule has 8 nitrogen and oxygen atoms in total. The van der Waals surface area contributed by atoms with E-state index < -0.39 is 6.08 Å². The third kappa shape index (κ3) is 2.72. The molecule has 1 aromatic carbocycles. The number of benzene rings is 1. The van der Waals surface area contributed by atoms with Gasteiger partial charge in [0.05, 0.1) is 20.0 Å². The van der Waals surface area contributed by atoms with Gasteiger partial charge in [0, 0.05) is 18.5 Å². The van der Waals surface area contributed by atoms with Gasteiger partial charge in [-0.25, -0.2) is 4.98 Å². The molecule has 25 heavy (non-hydrogen) atoms. The Kier molecular flexibility index (Phi) is 3.85. The van der Waals surface area contributed by atoms with Crippen LogP contribution in [0.25, 0.3) is 11.2 Å². The molecule has 3 heterocycles. The second kappa shape index (κ2) is 6.17. The normalized spacial score (nSPS) is 16.6. The van der Waals surface area contributed by atoms with E-state index >= 15 is 0 Å². The summed E-state index contributed by atoms with van der Waals surface area (Å²) in [5.74, 6) is 0.643. The minimum absolute atomic E-state index is 0.0247. The van der Waals surface area contributed by atoms with Crippen LogP contribution >= 0.6 is 0 Å². The number of fused-ring (bicyclic) bond motifs is 1. The Morgan fingerprint density at radius 2 is 2.28 bits per heavy atom. The van der Waals surface area contributed by atoms with Crippen molar-refractivity contribution in [3.05, 3.63) is 36.2 Å². The first kappa shape index (κ1) is 15.6. The zero-order valence-electron chi connectivity index (χ0n) is 13.4. The number of anilines is 1. The Morgan fingerprint density at radius 1 is 1.44 bits per heavy atom. The van der Waals surface area contributed by atoms with E-state index in [0.717, 1.165) is 6.42 Å². The molecule has 0 aliphatic carbocycles. The predicted molar refractivity (Wildman–Crippen MR) is 86.9 cm³/mol. The SMILES string of the molecule is COc1cccc(CNc2nc(F)nc3c2ncn3C2CCO2)c1O. The maximum absolute atomic E-state index is 13.9. The van der Waals surface area contributed by atoms with Gasteiger partial charge in [0.25, 0.3) is 0 Å². The highest BCUT2D eigenvalue weighted by Crippen LogP contribution is 2.31. The van der Waals surface area contributed by atoms with Crippen LogP contribution in [0.4, 0.5) is 10.2 Å². The van der Waals surface area contributed by atoms with Gasteiger partial charge in [0.2, 0.25) is 0 Å². The molecule has 0 amide bonds. The lowest BCUT2D eigenvalue weighted by Crippen LogP contribution is -2.24. The van der Waals surface area contributed by atoms with Crippen LogP contribution in [-0.4, -0.2) is 38.3 Å². The van der Waals surface area contributed by atoms with Gasteiger partial charge < -0.3 is 19.9 Å². The summed E-state index contributed by atoms with van der Waals surface area (Å²) >= 11 is 0. The molecule has 0 spiro atoms. The summed E-state index contributed by atoms with van der Waals surface area (Å²) in [5, 5.41) is 13.1. The van der Waals surface area contributed by atoms with E-state index in [1.165, 1.54) is 7.11 Å². The number of ether oxygens (including phenoxy) is 2. The van der Waals surface area contributed by atoms with Crippen LogP contribution < -0.4 is 10.1 Å².